The molecule has 0 radical (unpaired) electrons. The summed E-state index contributed by atoms with van der Waals surface area (Å²) in [5, 5.41) is 8.70. The van der Waals surface area contributed by atoms with Crippen molar-refractivity contribution in [2.24, 2.45) is 0 Å². The summed E-state index contributed by atoms with van der Waals surface area (Å²) in [5.74, 6) is 0.0646. The van der Waals surface area contributed by atoms with E-state index in [1.54, 1.807) is 6.07 Å². The molecule has 1 unspecified atom stereocenters. The lowest BCUT2D eigenvalue weighted by atomic mass is 10.0. The van der Waals surface area contributed by atoms with Gasteiger partial charge in [-0.05, 0) is 30.5 Å². The molecule has 0 saturated heterocycles. The number of carboxylic acid groups (broad SMARTS) is 1. The zero-order chi connectivity index (χ0) is 11.4. The first-order valence-electron chi connectivity index (χ1n) is 5.00. The molecule has 3 nitrogen and oxygen atoms in total. The van der Waals surface area contributed by atoms with Crippen LogP contribution in [0.25, 0.3) is 0 Å². The smallest absolute Gasteiger partial charge is 0.344 e. The minimum Gasteiger partial charge on any atom is -0.479 e. The van der Waals surface area contributed by atoms with Crippen LogP contribution in [0.15, 0.2) is 24.3 Å². The summed E-state index contributed by atoms with van der Waals surface area (Å²) in [6.45, 7) is 5.68. The van der Waals surface area contributed by atoms with Gasteiger partial charge in [0.05, 0.1) is 0 Å². The summed E-state index contributed by atoms with van der Waals surface area (Å²) < 4.78 is 5.27. The van der Waals surface area contributed by atoms with Crippen LogP contribution in [0.4, 0.5) is 0 Å². The van der Waals surface area contributed by atoms with Crippen molar-refractivity contribution in [3.8, 4) is 5.75 Å². The lowest BCUT2D eigenvalue weighted by molar-refractivity contribution is -0.144. The van der Waals surface area contributed by atoms with Crippen LogP contribution >= 0.6 is 0 Å². The summed E-state index contributed by atoms with van der Waals surface area (Å²) >= 11 is 0. The Kier molecular flexibility index (Phi) is 3.72. The van der Waals surface area contributed by atoms with E-state index in [0.29, 0.717) is 11.7 Å². The predicted octanol–water partition coefficient (Wildman–Crippen LogP) is 2.66. The minimum absolute atomic E-state index is 0.411. The number of rotatable bonds is 4. The molecule has 3 heteroatoms. The lowest BCUT2D eigenvalue weighted by Crippen LogP contribution is -2.22. The van der Waals surface area contributed by atoms with Crippen LogP contribution in [0.1, 0.15) is 32.3 Å². The second-order valence-electron chi connectivity index (χ2n) is 3.83. The standard InChI is InChI=1S/C12H16O3/c1-8(2)10-5-4-6-11(7-10)15-9(3)12(13)14/h4-9H,1-3H3,(H,13,14). The quantitative estimate of drug-likeness (QED) is 0.827. The van der Waals surface area contributed by atoms with Crippen molar-refractivity contribution in [1.29, 1.82) is 0 Å². The molecule has 1 N–H and O–H groups in total. The van der Waals surface area contributed by atoms with E-state index in [2.05, 4.69) is 13.8 Å². The van der Waals surface area contributed by atoms with E-state index >= 15 is 0 Å². The van der Waals surface area contributed by atoms with E-state index < -0.39 is 12.1 Å². The highest BCUT2D eigenvalue weighted by atomic mass is 16.5. The van der Waals surface area contributed by atoms with Gasteiger partial charge in [0.15, 0.2) is 6.10 Å². The van der Waals surface area contributed by atoms with Gasteiger partial charge in [-0.25, -0.2) is 4.79 Å². The van der Waals surface area contributed by atoms with Crippen LogP contribution in [0.5, 0.6) is 5.75 Å². The van der Waals surface area contributed by atoms with Crippen LogP contribution in [0.3, 0.4) is 0 Å². The van der Waals surface area contributed by atoms with Crippen molar-refractivity contribution < 1.29 is 14.6 Å². The Morgan fingerprint density at radius 3 is 2.53 bits per heavy atom. The highest BCUT2D eigenvalue weighted by Crippen LogP contribution is 2.20. The van der Waals surface area contributed by atoms with E-state index in [4.69, 9.17) is 9.84 Å². The first-order valence-corrected chi connectivity index (χ1v) is 5.00. The van der Waals surface area contributed by atoms with Crippen LogP contribution in [-0.2, 0) is 4.79 Å². The van der Waals surface area contributed by atoms with Crippen molar-refractivity contribution >= 4 is 5.97 Å². The van der Waals surface area contributed by atoms with Crippen LogP contribution < -0.4 is 4.74 Å². The molecular weight excluding hydrogens is 192 g/mol. The Balaban J connectivity index is 2.78. The second-order valence-corrected chi connectivity index (χ2v) is 3.83. The van der Waals surface area contributed by atoms with E-state index in [1.807, 2.05) is 18.2 Å². The fourth-order valence-corrected chi connectivity index (χ4v) is 1.20. The molecule has 1 aromatic carbocycles. The SMILES string of the molecule is CC(Oc1cccc(C(C)C)c1)C(=O)O. The molecule has 1 rings (SSSR count). The van der Waals surface area contributed by atoms with Gasteiger partial charge in [0.25, 0.3) is 0 Å². The minimum atomic E-state index is -0.954. The zero-order valence-electron chi connectivity index (χ0n) is 9.23. The van der Waals surface area contributed by atoms with Crippen LogP contribution in [0.2, 0.25) is 0 Å². The highest BCUT2D eigenvalue weighted by Gasteiger charge is 2.12. The van der Waals surface area contributed by atoms with Crippen molar-refractivity contribution in [3.05, 3.63) is 29.8 Å². The number of carboxylic acids is 1. The van der Waals surface area contributed by atoms with Crippen LogP contribution in [0, 0.1) is 0 Å². The third kappa shape index (κ3) is 3.27. The molecule has 15 heavy (non-hydrogen) atoms. The molecule has 1 atom stereocenters. The molecule has 0 fully saturated rings. The zero-order valence-corrected chi connectivity index (χ0v) is 9.23. The molecule has 0 saturated carbocycles. The number of ether oxygens (including phenoxy) is 1. The van der Waals surface area contributed by atoms with Crippen molar-refractivity contribution in [3.63, 3.8) is 0 Å². The van der Waals surface area contributed by atoms with Gasteiger partial charge in [-0.2, -0.15) is 0 Å². The highest BCUT2D eigenvalue weighted by molar-refractivity contribution is 5.72. The van der Waals surface area contributed by atoms with Gasteiger partial charge >= 0.3 is 5.97 Å². The van der Waals surface area contributed by atoms with Crippen molar-refractivity contribution in [2.45, 2.75) is 32.8 Å². The number of hydrogen-bond acceptors (Lipinski definition) is 2. The van der Waals surface area contributed by atoms with Crippen LogP contribution in [-0.4, -0.2) is 17.2 Å². The lowest BCUT2D eigenvalue weighted by Gasteiger charge is -2.12. The maximum atomic E-state index is 10.6. The van der Waals surface area contributed by atoms with E-state index in [-0.39, 0.29) is 0 Å². The Hall–Kier alpha value is -1.51. The van der Waals surface area contributed by atoms with Gasteiger partial charge in [0.2, 0.25) is 0 Å². The summed E-state index contributed by atoms with van der Waals surface area (Å²) in [5.41, 5.74) is 1.14. The Morgan fingerprint density at radius 2 is 2.00 bits per heavy atom. The van der Waals surface area contributed by atoms with Crippen molar-refractivity contribution in [1.82, 2.24) is 0 Å². The molecular formula is C12H16O3. The van der Waals surface area contributed by atoms with Gasteiger partial charge in [-0.15, -0.1) is 0 Å². The predicted molar refractivity (Wildman–Crippen MR) is 58.3 cm³/mol. The fourth-order valence-electron chi connectivity index (χ4n) is 1.20. The average molecular weight is 208 g/mol. The number of hydrogen-bond donors (Lipinski definition) is 1. The molecule has 1 aromatic rings. The monoisotopic (exact) mass is 208 g/mol. The van der Waals surface area contributed by atoms with Crippen molar-refractivity contribution in [2.75, 3.05) is 0 Å². The van der Waals surface area contributed by atoms with Gasteiger partial charge in [-0.3, -0.25) is 0 Å². The summed E-state index contributed by atoms with van der Waals surface area (Å²) in [6, 6.07) is 7.53. The Labute approximate surface area is 89.7 Å². The van der Waals surface area contributed by atoms with E-state index in [1.165, 1.54) is 6.92 Å². The van der Waals surface area contributed by atoms with Gasteiger partial charge in [0, 0.05) is 0 Å². The Bertz CT molecular complexity index is 344. The molecule has 0 aromatic heterocycles. The van der Waals surface area contributed by atoms with E-state index in [0.717, 1.165) is 5.56 Å². The van der Waals surface area contributed by atoms with Gasteiger partial charge in [-0.1, -0.05) is 26.0 Å². The Morgan fingerprint density at radius 1 is 1.33 bits per heavy atom. The summed E-state index contributed by atoms with van der Waals surface area (Å²) in [6.07, 6.45) is -0.813. The van der Waals surface area contributed by atoms with E-state index in [9.17, 15) is 4.79 Å². The third-order valence-corrected chi connectivity index (χ3v) is 2.19. The first kappa shape index (κ1) is 11.6. The third-order valence-electron chi connectivity index (χ3n) is 2.19. The average Bonchev–Trinajstić information content (AvgIpc) is 2.18. The second kappa shape index (κ2) is 4.82. The molecule has 0 amide bonds. The maximum absolute atomic E-state index is 10.6. The number of benzene rings is 1. The molecule has 82 valence electrons. The topological polar surface area (TPSA) is 46.5 Å². The maximum Gasteiger partial charge on any atom is 0.344 e. The summed E-state index contributed by atoms with van der Waals surface area (Å²) in [4.78, 5) is 10.6. The largest absolute Gasteiger partial charge is 0.479 e. The fraction of sp³-hybridized carbons (Fsp3) is 0.417. The molecule has 0 aliphatic heterocycles. The molecule has 0 bridgehead atoms. The molecule has 0 aliphatic rings. The number of aliphatic carboxylic acids is 1. The first-order chi connectivity index (χ1) is 7.00. The van der Waals surface area contributed by atoms with Gasteiger partial charge in [0.1, 0.15) is 5.75 Å². The number of carbonyl (C=O) groups is 1. The molecule has 0 heterocycles. The normalized spacial score (nSPS) is 12.5. The van der Waals surface area contributed by atoms with Gasteiger partial charge < -0.3 is 9.84 Å². The molecule has 0 aliphatic carbocycles. The molecule has 0 spiro atoms. The summed E-state index contributed by atoms with van der Waals surface area (Å²) in [7, 11) is 0.